The third-order valence-corrected chi connectivity index (χ3v) is 6.30. The second-order valence-electron chi connectivity index (χ2n) is 7.32. The topological polar surface area (TPSA) is 72.9 Å². The largest absolute Gasteiger partial charge is 0.327 e. The molecule has 1 heterocycles. The number of rotatable bonds is 6. The van der Waals surface area contributed by atoms with E-state index in [4.69, 9.17) is 22.3 Å². The summed E-state index contributed by atoms with van der Waals surface area (Å²) in [7, 11) is 1.98. The van der Waals surface area contributed by atoms with Crippen molar-refractivity contribution < 1.29 is 4.79 Å². The zero-order valence-electron chi connectivity index (χ0n) is 17.3. The van der Waals surface area contributed by atoms with Gasteiger partial charge in [-0.05, 0) is 60.7 Å². The summed E-state index contributed by atoms with van der Waals surface area (Å²) in [6.07, 6.45) is 2.36. The van der Waals surface area contributed by atoms with E-state index in [1.165, 1.54) is 0 Å². The van der Waals surface area contributed by atoms with E-state index in [0.29, 0.717) is 17.1 Å². The molecule has 0 saturated carbocycles. The van der Waals surface area contributed by atoms with Gasteiger partial charge in [-0.2, -0.15) is 0 Å². The van der Waals surface area contributed by atoms with Gasteiger partial charge in [0.2, 0.25) is 5.91 Å². The number of thioether (sulfide) groups is 1. The van der Waals surface area contributed by atoms with Gasteiger partial charge in [0.15, 0.2) is 0 Å². The van der Waals surface area contributed by atoms with Gasteiger partial charge < -0.3 is 15.6 Å². The van der Waals surface area contributed by atoms with Crippen molar-refractivity contribution in [3.05, 3.63) is 77.3 Å². The molecule has 0 fully saturated rings. The summed E-state index contributed by atoms with van der Waals surface area (Å²) >= 11 is 7.92. The first-order valence-electron chi connectivity index (χ1n) is 9.87. The average Bonchev–Trinajstić information content (AvgIpc) is 3.12. The molecule has 0 saturated heterocycles. The number of hydrogen-bond donors (Lipinski definition) is 2. The maximum atomic E-state index is 12.7. The van der Waals surface area contributed by atoms with Crippen LogP contribution in [-0.2, 0) is 18.3 Å². The molecule has 0 spiro atoms. The molecule has 3 N–H and O–H groups in total. The summed E-state index contributed by atoms with van der Waals surface area (Å²) in [5.41, 5.74) is 10.6. The highest BCUT2D eigenvalue weighted by atomic mass is 35.5. The van der Waals surface area contributed by atoms with Gasteiger partial charge in [-0.1, -0.05) is 35.9 Å². The number of fused-ring (bicyclic) bond motifs is 1. The Hall–Kier alpha value is -2.80. The fourth-order valence-corrected chi connectivity index (χ4v) is 4.20. The molecule has 31 heavy (non-hydrogen) atoms. The molecule has 0 bridgehead atoms. The summed E-state index contributed by atoms with van der Waals surface area (Å²) in [4.78, 5) is 18.5. The molecule has 0 aliphatic carbocycles. The highest BCUT2D eigenvalue weighted by Gasteiger charge is 2.17. The Morgan fingerprint density at radius 2 is 1.97 bits per heavy atom. The van der Waals surface area contributed by atoms with Crippen LogP contribution in [-0.4, -0.2) is 27.8 Å². The predicted molar refractivity (Wildman–Crippen MR) is 130 cm³/mol. The number of nitrogens with zero attached hydrogens (tertiary/aromatic N) is 2. The van der Waals surface area contributed by atoms with Gasteiger partial charge in [0.25, 0.3) is 0 Å². The minimum Gasteiger partial charge on any atom is -0.327 e. The molecule has 4 aromatic rings. The van der Waals surface area contributed by atoms with Crippen LogP contribution < -0.4 is 11.1 Å². The third kappa shape index (κ3) is 4.61. The number of carbonyl (C=O) groups is 1. The van der Waals surface area contributed by atoms with Crippen LogP contribution >= 0.6 is 23.4 Å². The smallest absolute Gasteiger partial charge is 0.241 e. The molecule has 5 nitrogen and oxygen atoms in total. The molecule has 7 heteroatoms. The van der Waals surface area contributed by atoms with Gasteiger partial charge in [0, 0.05) is 28.2 Å². The number of imidazole rings is 1. The van der Waals surface area contributed by atoms with E-state index in [9.17, 15) is 4.79 Å². The van der Waals surface area contributed by atoms with Crippen LogP contribution in [0.2, 0.25) is 5.02 Å². The van der Waals surface area contributed by atoms with E-state index in [1.807, 2.05) is 84.6 Å². The maximum absolute atomic E-state index is 12.7. The molecule has 3 aromatic carbocycles. The molecule has 1 unspecified atom stereocenters. The third-order valence-electron chi connectivity index (χ3n) is 5.20. The standard InChI is InChI=1S/C24H23ClN4OS/c1-29-22-9-4-3-8-21(22)28-23(29)15-6-5-7-17(12-15)27-24(30)20(26)14-16-13-18(31-2)10-11-19(16)25/h3-13,20H,14,26H2,1-2H3,(H,27,30). The van der Waals surface area contributed by atoms with Gasteiger partial charge in [0.05, 0.1) is 17.1 Å². The SMILES string of the molecule is CSc1ccc(Cl)c(CC(N)C(=O)Nc2cccc(-c3nc4ccccc4n3C)c2)c1. The number of aromatic nitrogens is 2. The van der Waals surface area contributed by atoms with Crippen LogP contribution in [0.5, 0.6) is 0 Å². The fraction of sp³-hybridized carbons (Fsp3) is 0.167. The number of nitrogens with two attached hydrogens (primary N) is 1. The second-order valence-corrected chi connectivity index (χ2v) is 8.61. The lowest BCUT2D eigenvalue weighted by Crippen LogP contribution is -2.37. The van der Waals surface area contributed by atoms with Gasteiger partial charge in [-0.3, -0.25) is 4.79 Å². The molecule has 4 rings (SSSR count). The number of para-hydroxylation sites is 2. The van der Waals surface area contributed by atoms with E-state index < -0.39 is 6.04 Å². The lowest BCUT2D eigenvalue weighted by molar-refractivity contribution is -0.117. The Morgan fingerprint density at radius 1 is 1.16 bits per heavy atom. The Morgan fingerprint density at radius 3 is 2.74 bits per heavy atom. The minimum absolute atomic E-state index is 0.257. The van der Waals surface area contributed by atoms with Gasteiger partial charge in [-0.25, -0.2) is 4.98 Å². The fourth-order valence-electron chi connectivity index (χ4n) is 3.54. The van der Waals surface area contributed by atoms with E-state index in [-0.39, 0.29) is 5.91 Å². The van der Waals surface area contributed by atoms with Crippen molar-refractivity contribution in [2.75, 3.05) is 11.6 Å². The average molecular weight is 451 g/mol. The maximum Gasteiger partial charge on any atom is 0.241 e. The lowest BCUT2D eigenvalue weighted by Gasteiger charge is -2.14. The normalized spacial score (nSPS) is 12.1. The van der Waals surface area contributed by atoms with E-state index >= 15 is 0 Å². The minimum atomic E-state index is -0.714. The summed E-state index contributed by atoms with van der Waals surface area (Å²) in [6.45, 7) is 0. The number of aryl methyl sites for hydroxylation is 1. The number of anilines is 1. The molecule has 1 atom stereocenters. The first-order chi connectivity index (χ1) is 15.0. The summed E-state index contributed by atoms with van der Waals surface area (Å²) in [5, 5.41) is 3.54. The van der Waals surface area contributed by atoms with Gasteiger partial charge in [-0.15, -0.1) is 11.8 Å². The number of nitrogens with one attached hydrogen (secondary N) is 1. The first kappa shape index (κ1) is 21.4. The van der Waals surface area contributed by atoms with Crippen LogP contribution in [0.1, 0.15) is 5.56 Å². The van der Waals surface area contributed by atoms with Crippen molar-refractivity contribution in [3.63, 3.8) is 0 Å². The molecule has 1 amide bonds. The monoisotopic (exact) mass is 450 g/mol. The lowest BCUT2D eigenvalue weighted by atomic mass is 10.1. The van der Waals surface area contributed by atoms with Crippen molar-refractivity contribution >= 4 is 46.0 Å². The Labute approximate surface area is 190 Å². The number of halogens is 1. The molecule has 158 valence electrons. The number of hydrogen-bond acceptors (Lipinski definition) is 4. The van der Waals surface area contributed by atoms with E-state index in [1.54, 1.807) is 11.8 Å². The summed E-state index contributed by atoms with van der Waals surface area (Å²) in [6, 6.07) is 20.7. The highest BCUT2D eigenvalue weighted by Crippen LogP contribution is 2.26. The van der Waals surface area contributed by atoms with Crippen molar-refractivity contribution in [1.82, 2.24) is 9.55 Å². The zero-order valence-corrected chi connectivity index (χ0v) is 18.9. The molecule has 1 aromatic heterocycles. The first-order valence-corrected chi connectivity index (χ1v) is 11.5. The highest BCUT2D eigenvalue weighted by molar-refractivity contribution is 7.98. The van der Waals surface area contributed by atoms with Crippen molar-refractivity contribution in [1.29, 1.82) is 0 Å². The Bertz CT molecular complexity index is 1250. The van der Waals surface area contributed by atoms with Crippen LogP contribution in [0.15, 0.2) is 71.6 Å². The molecular weight excluding hydrogens is 428 g/mol. The van der Waals surface area contributed by atoms with Crippen molar-refractivity contribution in [2.24, 2.45) is 12.8 Å². The molecule has 0 aliphatic rings. The molecule has 0 aliphatic heterocycles. The van der Waals surface area contributed by atoms with E-state index in [0.717, 1.165) is 32.9 Å². The van der Waals surface area contributed by atoms with Gasteiger partial charge >= 0.3 is 0 Å². The second kappa shape index (κ2) is 9.14. The number of benzene rings is 3. The van der Waals surface area contributed by atoms with Crippen LogP contribution in [0.25, 0.3) is 22.4 Å². The number of carbonyl (C=O) groups excluding carboxylic acids is 1. The van der Waals surface area contributed by atoms with Crippen LogP contribution in [0, 0.1) is 0 Å². The Balaban J connectivity index is 1.52. The van der Waals surface area contributed by atoms with Crippen molar-refractivity contribution in [2.45, 2.75) is 17.4 Å². The zero-order chi connectivity index (χ0) is 22.0. The van der Waals surface area contributed by atoms with Gasteiger partial charge in [0.1, 0.15) is 5.82 Å². The molecule has 0 radical (unpaired) electrons. The van der Waals surface area contributed by atoms with Crippen LogP contribution in [0.3, 0.4) is 0 Å². The molecular formula is C24H23ClN4OS. The number of amides is 1. The summed E-state index contributed by atoms with van der Waals surface area (Å²) < 4.78 is 2.04. The quantitative estimate of drug-likeness (QED) is 0.400. The predicted octanol–water partition coefficient (Wildman–Crippen LogP) is 5.12. The van der Waals surface area contributed by atoms with Crippen LogP contribution in [0.4, 0.5) is 5.69 Å². The summed E-state index contributed by atoms with van der Waals surface area (Å²) in [5.74, 6) is 0.579. The Kier molecular flexibility index (Phi) is 6.32. The van der Waals surface area contributed by atoms with E-state index in [2.05, 4.69) is 5.32 Å². The van der Waals surface area contributed by atoms with Crippen molar-refractivity contribution in [3.8, 4) is 11.4 Å².